The number of thiazole rings is 1. The Morgan fingerprint density at radius 3 is 2.78 bits per heavy atom. The molecular weight excluding hydrogens is 646 g/mol. The van der Waals surface area contributed by atoms with Crippen LogP contribution >= 0.6 is 11.3 Å². The van der Waals surface area contributed by atoms with Crippen molar-refractivity contribution in [2.45, 2.75) is 31.9 Å². The number of fused-ring (bicyclic) bond motifs is 1. The Labute approximate surface area is 265 Å². The van der Waals surface area contributed by atoms with E-state index in [1.165, 1.54) is 19.2 Å². The smallest absolute Gasteiger partial charge is 0.418 e. The van der Waals surface area contributed by atoms with E-state index >= 15 is 0 Å². The standard InChI is InChI=1S/C25H29N11O8S2/c1-25(2)16(23(38)36(25)44-46(39,40)41)10-18(37)20(17-12-45-24(27)30-17)33-43-19(22-31-34-35-32-22)11-42-14-3-4-15-13(9-14)5-7-28-21(15)29-8-6-26/h3-5,7,9,12,16,19H,6,8,10-11,26H2,1-2H3,(H2,27,30)(H,28,29)(H,39,40,41)(H,31,32,34,35)/b33-20-. The van der Waals surface area contributed by atoms with Crippen molar-refractivity contribution >= 4 is 60.9 Å². The van der Waals surface area contributed by atoms with E-state index in [-0.39, 0.29) is 29.0 Å². The molecule has 3 aromatic heterocycles. The average molecular weight is 676 g/mol. The van der Waals surface area contributed by atoms with Gasteiger partial charge in [-0.15, -0.1) is 25.8 Å². The molecule has 0 radical (unpaired) electrons. The number of hydrogen-bond donors (Lipinski definition) is 5. The molecule has 0 saturated carbocycles. The van der Waals surface area contributed by atoms with E-state index < -0.39 is 46.1 Å². The number of nitrogens with zero attached hydrogens (tertiary/aromatic N) is 7. The number of pyridine rings is 1. The highest BCUT2D eigenvalue weighted by molar-refractivity contribution is 7.80. The lowest BCUT2D eigenvalue weighted by Crippen LogP contribution is -2.68. The quantitative estimate of drug-likeness (QED) is 0.0500. The van der Waals surface area contributed by atoms with Crippen LogP contribution < -0.4 is 21.5 Å². The van der Waals surface area contributed by atoms with Crippen LogP contribution in [0.2, 0.25) is 0 Å². The zero-order valence-electron chi connectivity index (χ0n) is 24.4. The molecule has 0 spiro atoms. The van der Waals surface area contributed by atoms with Crippen molar-refractivity contribution in [2.75, 3.05) is 30.7 Å². The van der Waals surface area contributed by atoms with Crippen molar-refractivity contribution in [1.82, 2.24) is 35.7 Å². The molecule has 5 rings (SSSR count). The molecule has 1 aromatic carbocycles. The van der Waals surface area contributed by atoms with E-state index in [2.05, 4.69) is 45.3 Å². The zero-order valence-corrected chi connectivity index (χ0v) is 26.0. The maximum Gasteiger partial charge on any atom is 0.418 e. The molecule has 1 aliphatic rings. The maximum atomic E-state index is 13.5. The summed E-state index contributed by atoms with van der Waals surface area (Å²) in [5.74, 6) is -1.29. The molecule has 2 atom stereocenters. The van der Waals surface area contributed by atoms with Crippen LogP contribution in [-0.4, -0.2) is 91.3 Å². The summed E-state index contributed by atoms with van der Waals surface area (Å²) < 4.78 is 41.7. The Hall–Kier alpha value is -4.83. The third-order valence-electron chi connectivity index (χ3n) is 6.96. The average Bonchev–Trinajstić information content (AvgIpc) is 3.71. The highest BCUT2D eigenvalue weighted by Gasteiger charge is 2.57. The molecule has 7 N–H and O–H groups in total. The first-order chi connectivity index (χ1) is 21.9. The number of hydrogen-bond acceptors (Lipinski definition) is 17. The van der Waals surface area contributed by atoms with Gasteiger partial charge >= 0.3 is 10.4 Å². The van der Waals surface area contributed by atoms with Gasteiger partial charge < -0.3 is 26.4 Å². The lowest BCUT2D eigenvalue weighted by molar-refractivity contribution is -0.228. The van der Waals surface area contributed by atoms with Gasteiger partial charge in [-0.25, -0.2) is 9.97 Å². The third kappa shape index (κ3) is 7.18. The number of ether oxygens (including phenoxy) is 1. The van der Waals surface area contributed by atoms with Gasteiger partial charge in [-0.3, -0.25) is 14.1 Å². The number of Topliss-reactive ketones (excluding diaryl/α,β-unsaturated/α-hetero) is 1. The molecule has 4 heterocycles. The number of amides is 1. The van der Waals surface area contributed by atoms with E-state index in [4.69, 9.17) is 25.6 Å². The molecule has 1 saturated heterocycles. The number of nitrogens with two attached hydrogens (primary N) is 2. The van der Waals surface area contributed by atoms with Gasteiger partial charge in [0.05, 0.1) is 11.5 Å². The second-order valence-corrected chi connectivity index (χ2v) is 12.3. The number of nitrogens with one attached hydrogen (secondary N) is 2. The number of nitrogen functional groups attached to an aromatic ring is 1. The fourth-order valence-electron chi connectivity index (χ4n) is 4.61. The summed E-state index contributed by atoms with van der Waals surface area (Å²) in [6.07, 6.45) is 0.174. The predicted molar refractivity (Wildman–Crippen MR) is 163 cm³/mol. The Morgan fingerprint density at radius 2 is 2.13 bits per heavy atom. The van der Waals surface area contributed by atoms with Crippen LogP contribution in [0.3, 0.4) is 0 Å². The van der Waals surface area contributed by atoms with Crippen molar-refractivity contribution in [3.8, 4) is 5.75 Å². The number of ketones is 1. The van der Waals surface area contributed by atoms with E-state index in [1.807, 2.05) is 12.1 Å². The molecule has 2 unspecified atom stereocenters. The lowest BCUT2D eigenvalue weighted by atomic mass is 9.74. The summed E-state index contributed by atoms with van der Waals surface area (Å²) in [6.45, 7) is 3.78. The zero-order chi connectivity index (χ0) is 33.1. The van der Waals surface area contributed by atoms with Gasteiger partial charge in [-0.05, 0) is 43.5 Å². The predicted octanol–water partition coefficient (Wildman–Crippen LogP) is 0.629. The second-order valence-electron chi connectivity index (χ2n) is 10.4. The summed E-state index contributed by atoms with van der Waals surface area (Å²) in [7, 11) is -4.97. The monoisotopic (exact) mass is 675 g/mol. The van der Waals surface area contributed by atoms with Crippen molar-refractivity contribution in [3.05, 3.63) is 47.4 Å². The number of aromatic amines is 1. The summed E-state index contributed by atoms with van der Waals surface area (Å²) >= 11 is 1.05. The van der Waals surface area contributed by atoms with Crippen LogP contribution in [0, 0.1) is 5.92 Å². The van der Waals surface area contributed by atoms with E-state index in [1.54, 1.807) is 18.3 Å². The molecule has 1 aliphatic heterocycles. The van der Waals surface area contributed by atoms with Gasteiger partial charge in [0.2, 0.25) is 11.9 Å². The number of oxime groups is 1. The largest absolute Gasteiger partial charge is 0.489 e. The highest BCUT2D eigenvalue weighted by atomic mass is 32.3. The molecule has 0 bridgehead atoms. The number of hydroxylamine groups is 2. The summed E-state index contributed by atoms with van der Waals surface area (Å²) in [5, 5.41) is 24.9. The molecule has 0 aliphatic carbocycles. The molecule has 19 nitrogen and oxygen atoms in total. The number of β-lactam (4-membered cyclic amide) rings is 1. The molecule has 1 fully saturated rings. The van der Waals surface area contributed by atoms with Crippen LogP contribution in [0.4, 0.5) is 10.9 Å². The van der Waals surface area contributed by atoms with Crippen LogP contribution in [0.25, 0.3) is 10.8 Å². The number of carbonyl (C=O) groups is 2. The number of aromatic nitrogens is 6. The van der Waals surface area contributed by atoms with Gasteiger partial charge in [0.25, 0.3) is 5.91 Å². The van der Waals surface area contributed by atoms with Crippen LogP contribution in [0.1, 0.15) is 37.9 Å². The fourth-order valence-corrected chi connectivity index (χ4v) is 5.61. The number of carbonyl (C=O) groups excluding carboxylic acids is 2. The number of H-pyrrole nitrogens is 1. The molecular formula is C25H29N11O8S2. The number of rotatable bonds is 15. The third-order valence-corrected chi connectivity index (χ3v) is 7.97. The first-order valence-electron chi connectivity index (χ1n) is 13.6. The number of tetrazole rings is 1. The number of anilines is 2. The molecule has 46 heavy (non-hydrogen) atoms. The SMILES string of the molecule is CC1(C)C(CC(=O)/C(=N\OC(COc2ccc3c(NCCN)nccc3c2)c2nn[nH]n2)c2csc(N)n2)C(=O)N1OS(=O)(=O)O. The minimum atomic E-state index is -4.97. The summed E-state index contributed by atoms with van der Waals surface area (Å²) in [6, 6.07) is 7.22. The van der Waals surface area contributed by atoms with Crippen LogP contribution in [0.5, 0.6) is 5.75 Å². The normalized spacial score (nSPS) is 17.0. The Balaban J connectivity index is 1.35. The van der Waals surface area contributed by atoms with E-state index in [0.29, 0.717) is 29.7 Å². The number of benzene rings is 1. The lowest BCUT2D eigenvalue weighted by Gasteiger charge is -2.50. The summed E-state index contributed by atoms with van der Waals surface area (Å²) in [4.78, 5) is 40.4. The molecule has 244 valence electrons. The summed E-state index contributed by atoms with van der Waals surface area (Å²) in [5.41, 5.74) is 9.93. The Bertz CT molecular complexity index is 1860. The Kier molecular flexibility index (Phi) is 9.39. The maximum absolute atomic E-state index is 13.5. The molecule has 4 aromatic rings. The van der Waals surface area contributed by atoms with Gasteiger partial charge in [-0.1, -0.05) is 10.4 Å². The van der Waals surface area contributed by atoms with E-state index in [9.17, 15) is 18.0 Å². The van der Waals surface area contributed by atoms with Gasteiger partial charge in [0.1, 0.15) is 23.9 Å². The van der Waals surface area contributed by atoms with E-state index in [0.717, 1.165) is 22.1 Å². The topological polar surface area (TPSA) is 276 Å². The molecule has 21 heteroatoms. The fraction of sp³-hybridized carbons (Fsp3) is 0.360. The van der Waals surface area contributed by atoms with Crippen molar-refractivity contribution in [3.63, 3.8) is 0 Å². The Morgan fingerprint density at radius 1 is 1.33 bits per heavy atom. The van der Waals surface area contributed by atoms with Crippen LogP contribution in [0.15, 0.2) is 41.0 Å². The minimum absolute atomic E-state index is 0.0694. The van der Waals surface area contributed by atoms with Gasteiger partial charge in [0.15, 0.2) is 16.6 Å². The van der Waals surface area contributed by atoms with Gasteiger partial charge in [0, 0.05) is 36.5 Å². The van der Waals surface area contributed by atoms with Crippen molar-refractivity contribution in [1.29, 1.82) is 0 Å². The van der Waals surface area contributed by atoms with Crippen molar-refractivity contribution < 1.29 is 36.4 Å². The van der Waals surface area contributed by atoms with Crippen molar-refractivity contribution in [2.24, 2.45) is 16.8 Å². The second kappa shape index (κ2) is 13.3. The first-order valence-corrected chi connectivity index (χ1v) is 15.8. The van der Waals surface area contributed by atoms with Crippen LogP contribution in [-0.2, 0) is 29.1 Å². The van der Waals surface area contributed by atoms with Gasteiger partial charge in [-0.2, -0.15) is 18.7 Å². The molecule has 1 amide bonds. The highest BCUT2D eigenvalue weighted by Crippen LogP contribution is 2.40. The first kappa shape index (κ1) is 32.6. The minimum Gasteiger partial charge on any atom is -0.489 e.